The molecule has 3 unspecified atom stereocenters. The van der Waals surface area contributed by atoms with Crippen molar-refractivity contribution in [3.63, 3.8) is 0 Å². The van der Waals surface area contributed by atoms with E-state index in [-0.39, 0.29) is 23.8 Å². The van der Waals surface area contributed by atoms with Crippen molar-refractivity contribution < 1.29 is 4.79 Å². The van der Waals surface area contributed by atoms with Gasteiger partial charge in [-0.3, -0.25) is 0 Å². The number of urea groups is 1. The summed E-state index contributed by atoms with van der Waals surface area (Å²) in [5, 5.41) is 8.91. The van der Waals surface area contributed by atoms with Crippen molar-refractivity contribution in [2.24, 2.45) is 22.4 Å². The van der Waals surface area contributed by atoms with Crippen molar-refractivity contribution in [3.05, 3.63) is 11.4 Å². The molecule has 4 rings (SSSR count). The van der Waals surface area contributed by atoms with E-state index in [1.807, 2.05) is 6.07 Å². The molecule has 2 amide bonds. The third-order valence-corrected chi connectivity index (χ3v) is 6.77. The third kappa shape index (κ3) is 3.09. The van der Waals surface area contributed by atoms with Gasteiger partial charge < -0.3 is 26.2 Å². The number of amides is 2. The molecule has 2 aliphatic carbocycles. The second-order valence-corrected chi connectivity index (χ2v) is 8.31. The number of likely N-dealkylation sites (tertiary alicyclic amines) is 1. The molecule has 3 atom stereocenters. The van der Waals surface area contributed by atoms with Crippen LogP contribution in [-0.2, 0) is 0 Å². The molecular formula is C19H29N7O. The Bertz CT molecular complexity index is 718. The van der Waals surface area contributed by atoms with Crippen molar-refractivity contribution in [2.75, 3.05) is 19.6 Å². The van der Waals surface area contributed by atoms with Crippen LogP contribution in [0.2, 0.25) is 0 Å². The van der Waals surface area contributed by atoms with Gasteiger partial charge >= 0.3 is 6.03 Å². The standard InChI is InChI=1S/C19H29N7O/c1-12(15(21)10-20)23-18(22)26-11-13-8-16(17(26)9-13)25-7-6-24(19(25)27)14-4-2-3-5-14/h13-14,16-17H,2-9,11,21H2,1H3,(H2,22,23)/b15-12-. The summed E-state index contributed by atoms with van der Waals surface area (Å²) in [6.45, 7) is 4.22. The molecule has 2 aliphatic heterocycles. The maximum Gasteiger partial charge on any atom is 0.320 e. The zero-order chi connectivity index (χ0) is 19.1. The lowest BCUT2D eigenvalue weighted by molar-refractivity contribution is 0.136. The Kier molecular flexibility index (Phi) is 4.62. The summed E-state index contributed by atoms with van der Waals surface area (Å²) in [5.74, 6) is 0.946. The molecule has 8 nitrogen and oxygen atoms in total. The first kappa shape index (κ1) is 18.0. The molecule has 27 heavy (non-hydrogen) atoms. The van der Waals surface area contributed by atoms with Crippen LogP contribution in [0, 0.1) is 17.2 Å². The van der Waals surface area contributed by atoms with Gasteiger partial charge in [0.15, 0.2) is 5.96 Å². The first-order chi connectivity index (χ1) is 13.0. The van der Waals surface area contributed by atoms with E-state index in [1.54, 1.807) is 6.92 Å². The van der Waals surface area contributed by atoms with E-state index in [4.69, 9.17) is 16.7 Å². The van der Waals surface area contributed by atoms with E-state index in [9.17, 15) is 4.79 Å². The Morgan fingerprint density at radius 3 is 2.48 bits per heavy atom. The van der Waals surface area contributed by atoms with Crippen LogP contribution < -0.4 is 11.5 Å². The molecule has 4 N–H and O–H groups in total. The van der Waals surface area contributed by atoms with Crippen molar-refractivity contribution >= 4 is 12.0 Å². The zero-order valence-electron chi connectivity index (χ0n) is 16.0. The van der Waals surface area contributed by atoms with Crippen LogP contribution in [-0.4, -0.2) is 64.5 Å². The van der Waals surface area contributed by atoms with Gasteiger partial charge in [-0.1, -0.05) is 12.8 Å². The highest BCUT2D eigenvalue weighted by Gasteiger charge is 2.51. The fourth-order valence-corrected chi connectivity index (χ4v) is 5.40. The number of fused-ring (bicyclic) bond motifs is 2. The molecule has 146 valence electrons. The quantitative estimate of drug-likeness (QED) is 0.439. The number of carbonyl (C=O) groups is 1. The Labute approximate surface area is 160 Å². The van der Waals surface area contributed by atoms with E-state index in [0.717, 1.165) is 45.3 Å². The average Bonchev–Trinajstić information content (AvgIpc) is 3.43. The fourth-order valence-electron chi connectivity index (χ4n) is 5.40. The van der Waals surface area contributed by atoms with E-state index in [1.165, 1.54) is 12.8 Å². The monoisotopic (exact) mass is 371 g/mol. The summed E-state index contributed by atoms with van der Waals surface area (Å²) in [4.78, 5) is 23.7. The minimum Gasteiger partial charge on any atom is -0.389 e. The zero-order valence-corrected chi connectivity index (χ0v) is 16.0. The number of hydrogen-bond acceptors (Lipinski definition) is 4. The molecule has 0 aromatic heterocycles. The molecular weight excluding hydrogens is 342 g/mol. The number of carbonyl (C=O) groups excluding carboxylic acids is 1. The van der Waals surface area contributed by atoms with Gasteiger partial charge in [0.2, 0.25) is 0 Å². The van der Waals surface area contributed by atoms with Crippen LogP contribution in [0.15, 0.2) is 16.4 Å². The number of rotatable bonds is 3. The molecule has 0 spiro atoms. The Hall–Kier alpha value is -2.43. The molecule has 8 heteroatoms. The van der Waals surface area contributed by atoms with Crippen LogP contribution in [0.5, 0.6) is 0 Å². The minimum absolute atomic E-state index is 0.0841. The van der Waals surface area contributed by atoms with Crippen LogP contribution in [0.3, 0.4) is 0 Å². The number of hydrogen-bond donors (Lipinski definition) is 2. The molecule has 0 radical (unpaired) electrons. The second kappa shape index (κ2) is 6.95. The van der Waals surface area contributed by atoms with E-state index < -0.39 is 0 Å². The van der Waals surface area contributed by atoms with Crippen LogP contribution in [0.4, 0.5) is 4.79 Å². The van der Waals surface area contributed by atoms with Gasteiger partial charge in [0.05, 0.1) is 17.8 Å². The van der Waals surface area contributed by atoms with Crippen molar-refractivity contribution in [3.8, 4) is 6.07 Å². The van der Waals surface area contributed by atoms with Crippen LogP contribution in [0.1, 0.15) is 45.4 Å². The molecule has 2 saturated heterocycles. The summed E-state index contributed by atoms with van der Waals surface area (Å²) in [6, 6.07) is 2.96. The van der Waals surface area contributed by atoms with Crippen LogP contribution >= 0.6 is 0 Å². The predicted octanol–water partition coefficient (Wildman–Crippen LogP) is 1.16. The Balaban J connectivity index is 1.48. The normalized spacial score (nSPS) is 32.4. The first-order valence-electron chi connectivity index (χ1n) is 10.0. The lowest BCUT2D eigenvalue weighted by Crippen LogP contribution is -2.55. The summed E-state index contributed by atoms with van der Waals surface area (Å²) >= 11 is 0. The number of nitrogens with zero attached hydrogens (tertiary/aromatic N) is 5. The molecule has 4 aliphatic rings. The lowest BCUT2D eigenvalue weighted by atomic mass is 10.0. The number of allylic oxidation sites excluding steroid dienone is 2. The topological polar surface area (TPSA) is 115 Å². The maximum atomic E-state index is 13.1. The highest BCUT2D eigenvalue weighted by molar-refractivity contribution is 5.81. The lowest BCUT2D eigenvalue weighted by Gasteiger charge is -2.38. The fraction of sp³-hybridized carbons (Fsp3) is 0.737. The van der Waals surface area contributed by atoms with Crippen LogP contribution in [0.25, 0.3) is 0 Å². The van der Waals surface area contributed by atoms with Crippen molar-refractivity contribution in [1.82, 2.24) is 14.7 Å². The van der Waals surface area contributed by atoms with Gasteiger partial charge in [-0.2, -0.15) is 5.26 Å². The van der Waals surface area contributed by atoms with Gasteiger partial charge in [0.1, 0.15) is 11.8 Å². The highest BCUT2D eigenvalue weighted by Crippen LogP contribution is 2.41. The molecule has 0 aromatic rings. The second-order valence-electron chi connectivity index (χ2n) is 8.31. The smallest absolute Gasteiger partial charge is 0.320 e. The number of nitriles is 1. The molecule has 2 heterocycles. The third-order valence-electron chi connectivity index (χ3n) is 6.77. The maximum absolute atomic E-state index is 13.1. The number of aliphatic imine (C=N–C) groups is 1. The van der Waals surface area contributed by atoms with Gasteiger partial charge in [-0.05, 0) is 38.5 Å². The van der Waals surface area contributed by atoms with E-state index in [0.29, 0.717) is 23.6 Å². The minimum atomic E-state index is 0.0841. The summed E-state index contributed by atoms with van der Waals surface area (Å²) in [6.07, 6.45) is 6.87. The Morgan fingerprint density at radius 1 is 1.15 bits per heavy atom. The van der Waals surface area contributed by atoms with Crippen molar-refractivity contribution in [2.45, 2.75) is 63.6 Å². The van der Waals surface area contributed by atoms with Gasteiger partial charge in [0.25, 0.3) is 0 Å². The molecule has 2 bridgehead atoms. The summed E-state index contributed by atoms with van der Waals surface area (Å²) < 4.78 is 0. The molecule has 2 saturated carbocycles. The van der Waals surface area contributed by atoms with E-state index >= 15 is 0 Å². The SMILES string of the molecule is CC(/N=C(\N)N1CC2CC(N3CCN(C4CCCC4)C3=O)C1C2)=C(/N)C#N. The largest absolute Gasteiger partial charge is 0.389 e. The van der Waals surface area contributed by atoms with Gasteiger partial charge in [-0.15, -0.1) is 0 Å². The molecule has 0 aromatic carbocycles. The van der Waals surface area contributed by atoms with Gasteiger partial charge in [0, 0.05) is 25.7 Å². The summed E-state index contributed by atoms with van der Waals surface area (Å²) in [5.41, 5.74) is 12.4. The average molecular weight is 371 g/mol. The number of piperidine rings is 1. The highest BCUT2D eigenvalue weighted by atomic mass is 16.2. The number of nitrogens with two attached hydrogens (primary N) is 2. The van der Waals surface area contributed by atoms with Gasteiger partial charge in [-0.25, -0.2) is 9.79 Å². The van der Waals surface area contributed by atoms with E-state index in [2.05, 4.69) is 19.7 Å². The predicted molar refractivity (Wildman–Crippen MR) is 102 cm³/mol. The Morgan fingerprint density at radius 2 is 1.81 bits per heavy atom. The number of guanidine groups is 1. The first-order valence-corrected chi connectivity index (χ1v) is 10.0. The summed E-state index contributed by atoms with van der Waals surface area (Å²) in [7, 11) is 0. The molecule has 4 fully saturated rings. The van der Waals surface area contributed by atoms with Crippen molar-refractivity contribution in [1.29, 1.82) is 5.26 Å².